The molecule has 1 aliphatic heterocycles. The fourth-order valence-electron chi connectivity index (χ4n) is 1.88. The van der Waals surface area contributed by atoms with Crippen LogP contribution in [0.15, 0.2) is 0 Å². The maximum atomic E-state index is 5.58. The van der Waals surface area contributed by atoms with Crippen molar-refractivity contribution in [3.63, 3.8) is 0 Å². The Hall–Kier alpha value is 0.170. The molecule has 1 fully saturated rings. The summed E-state index contributed by atoms with van der Waals surface area (Å²) in [6.07, 6.45) is 3.25. The lowest BCUT2D eigenvalue weighted by Crippen LogP contribution is -2.35. The third-order valence-corrected chi connectivity index (χ3v) is 2.68. The van der Waals surface area contributed by atoms with E-state index >= 15 is 0 Å². The number of hydrogen-bond acceptors (Lipinski definition) is 3. The molecular weight excluding hydrogens is 190 g/mol. The molecule has 2 N–H and O–H groups in total. The summed E-state index contributed by atoms with van der Waals surface area (Å²) in [5.74, 6) is 0. The van der Waals surface area contributed by atoms with E-state index in [1.807, 2.05) is 0 Å². The van der Waals surface area contributed by atoms with Crippen LogP contribution in [-0.4, -0.2) is 33.5 Å². The van der Waals surface area contributed by atoms with E-state index in [-0.39, 0.29) is 12.4 Å². The van der Waals surface area contributed by atoms with Gasteiger partial charge in [-0.1, -0.05) is 0 Å². The number of nitrogens with two attached hydrogens (primary N) is 1. The minimum atomic E-state index is 0. The van der Waals surface area contributed by atoms with E-state index in [1.165, 1.54) is 0 Å². The van der Waals surface area contributed by atoms with Crippen LogP contribution in [0.5, 0.6) is 0 Å². The zero-order chi connectivity index (χ0) is 8.86. The number of ether oxygens (including phenoxy) is 2. The molecule has 1 aliphatic rings. The van der Waals surface area contributed by atoms with Crippen molar-refractivity contribution in [1.82, 2.24) is 0 Å². The summed E-state index contributed by atoms with van der Waals surface area (Å²) in [6, 6.07) is 0. The molecule has 1 saturated heterocycles. The third-order valence-electron chi connectivity index (χ3n) is 2.68. The van der Waals surface area contributed by atoms with Gasteiger partial charge in [-0.05, 0) is 31.2 Å². The van der Waals surface area contributed by atoms with Crippen molar-refractivity contribution in [1.29, 1.82) is 0 Å². The number of hydrogen-bond donors (Lipinski definition) is 1. The third kappa shape index (κ3) is 3.81. The standard InChI is InChI=1S/C9H19NO2.ClH/c1-11-8-9(2-5-10)3-6-12-7-4-9;/h2-8,10H2,1H3;1H. The maximum Gasteiger partial charge on any atom is 0.0520 e. The molecule has 0 aliphatic carbocycles. The van der Waals surface area contributed by atoms with E-state index < -0.39 is 0 Å². The van der Waals surface area contributed by atoms with E-state index in [2.05, 4.69) is 0 Å². The smallest absolute Gasteiger partial charge is 0.0520 e. The van der Waals surface area contributed by atoms with Crippen LogP contribution >= 0.6 is 12.4 Å². The van der Waals surface area contributed by atoms with Gasteiger partial charge in [-0.25, -0.2) is 0 Å². The van der Waals surface area contributed by atoms with Gasteiger partial charge in [0, 0.05) is 20.3 Å². The second-order valence-corrected chi connectivity index (χ2v) is 3.58. The van der Waals surface area contributed by atoms with E-state index in [4.69, 9.17) is 15.2 Å². The Morgan fingerprint density at radius 1 is 1.38 bits per heavy atom. The molecule has 0 atom stereocenters. The molecule has 80 valence electrons. The van der Waals surface area contributed by atoms with Gasteiger partial charge in [-0.3, -0.25) is 0 Å². The van der Waals surface area contributed by atoms with Gasteiger partial charge in [0.25, 0.3) is 0 Å². The van der Waals surface area contributed by atoms with E-state index in [9.17, 15) is 0 Å². The van der Waals surface area contributed by atoms with Gasteiger partial charge in [-0.15, -0.1) is 12.4 Å². The molecule has 3 nitrogen and oxygen atoms in total. The van der Waals surface area contributed by atoms with Gasteiger partial charge in [0.05, 0.1) is 6.61 Å². The molecule has 1 heterocycles. The van der Waals surface area contributed by atoms with Crippen molar-refractivity contribution in [2.45, 2.75) is 19.3 Å². The molecule has 0 spiro atoms. The van der Waals surface area contributed by atoms with Crippen LogP contribution < -0.4 is 5.73 Å². The van der Waals surface area contributed by atoms with Crippen LogP contribution in [0.1, 0.15) is 19.3 Å². The summed E-state index contributed by atoms with van der Waals surface area (Å²) in [5.41, 5.74) is 5.89. The summed E-state index contributed by atoms with van der Waals surface area (Å²) >= 11 is 0. The minimum Gasteiger partial charge on any atom is -0.384 e. The van der Waals surface area contributed by atoms with Crippen molar-refractivity contribution >= 4 is 12.4 Å². The zero-order valence-corrected chi connectivity index (χ0v) is 9.07. The van der Waals surface area contributed by atoms with Crippen LogP contribution in [-0.2, 0) is 9.47 Å². The molecule has 0 bridgehead atoms. The second-order valence-electron chi connectivity index (χ2n) is 3.58. The van der Waals surface area contributed by atoms with Gasteiger partial charge >= 0.3 is 0 Å². The van der Waals surface area contributed by atoms with Gasteiger partial charge in [0.1, 0.15) is 0 Å². The van der Waals surface area contributed by atoms with Crippen LogP contribution in [0.4, 0.5) is 0 Å². The first kappa shape index (κ1) is 13.2. The van der Waals surface area contributed by atoms with Crippen molar-refractivity contribution in [3.05, 3.63) is 0 Å². The number of rotatable bonds is 4. The predicted octanol–water partition coefficient (Wildman–Crippen LogP) is 1.20. The van der Waals surface area contributed by atoms with Crippen molar-refractivity contribution < 1.29 is 9.47 Å². The first-order valence-corrected chi connectivity index (χ1v) is 4.60. The van der Waals surface area contributed by atoms with E-state index in [0.29, 0.717) is 5.41 Å². The number of halogens is 1. The van der Waals surface area contributed by atoms with Gasteiger partial charge < -0.3 is 15.2 Å². The Kier molecular flexibility index (Phi) is 6.68. The van der Waals surface area contributed by atoms with Crippen LogP contribution in [0, 0.1) is 5.41 Å². The quantitative estimate of drug-likeness (QED) is 0.757. The van der Waals surface area contributed by atoms with Crippen LogP contribution in [0.3, 0.4) is 0 Å². The highest BCUT2D eigenvalue weighted by Crippen LogP contribution is 2.33. The summed E-state index contributed by atoms with van der Waals surface area (Å²) in [7, 11) is 1.76. The van der Waals surface area contributed by atoms with Crippen molar-refractivity contribution in [3.8, 4) is 0 Å². The molecule has 1 rings (SSSR count). The normalized spacial score (nSPS) is 20.8. The second kappa shape index (κ2) is 6.60. The molecule has 0 aromatic carbocycles. The highest BCUT2D eigenvalue weighted by molar-refractivity contribution is 5.85. The largest absolute Gasteiger partial charge is 0.384 e. The summed E-state index contributed by atoms with van der Waals surface area (Å²) in [4.78, 5) is 0. The summed E-state index contributed by atoms with van der Waals surface area (Å²) in [6.45, 7) is 3.31. The van der Waals surface area contributed by atoms with Crippen molar-refractivity contribution in [2.24, 2.45) is 11.1 Å². The zero-order valence-electron chi connectivity index (χ0n) is 8.25. The van der Waals surface area contributed by atoms with Crippen LogP contribution in [0.2, 0.25) is 0 Å². The average molecular weight is 210 g/mol. The molecule has 0 radical (unpaired) electrons. The first-order valence-electron chi connectivity index (χ1n) is 4.60. The van der Waals surface area contributed by atoms with E-state index in [0.717, 1.165) is 45.6 Å². The lowest BCUT2D eigenvalue weighted by atomic mass is 9.78. The van der Waals surface area contributed by atoms with Crippen LogP contribution in [0.25, 0.3) is 0 Å². The number of methoxy groups -OCH3 is 1. The summed E-state index contributed by atoms with van der Waals surface area (Å²) < 4.78 is 10.5. The Morgan fingerprint density at radius 2 is 2.00 bits per heavy atom. The molecule has 4 heteroatoms. The fourth-order valence-corrected chi connectivity index (χ4v) is 1.88. The topological polar surface area (TPSA) is 44.5 Å². The lowest BCUT2D eigenvalue weighted by Gasteiger charge is -2.36. The minimum absolute atomic E-state index is 0. The Morgan fingerprint density at radius 3 is 2.46 bits per heavy atom. The van der Waals surface area contributed by atoms with E-state index in [1.54, 1.807) is 7.11 Å². The molecule has 0 unspecified atom stereocenters. The predicted molar refractivity (Wildman–Crippen MR) is 55.3 cm³/mol. The molecule has 0 saturated carbocycles. The Balaban J connectivity index is 0.00000144. The van der Waals surface area contributed by atoms with Gasteiger partial charge in [-0.2, -0.15) is 0 Å². The highest BCUT2D eigenvalue weighted by Gasteiger charge is 2.31. The average Bonchev–Trinajstić information content (AvgIpc) is 2.07. The SMILES string of the molecule is COCC1(CCN)CCOCC1.Cl. The molecule has 0 aromatic heterocycles. The first-order chi connectivity index (χ1) is 5.83. The lowest BCUT2D eigenvalue weighted by molar-refractivity contribution is -0.0307. The Labute approximate surface area is 86.4 Å². The highest BCUT2D eigenvalue weighted by atomic mass is 35.5. The molecule has 0 aromatic rings. The maximum absolute atomic E-state index is 5.58. The van der Waals surface area contributed by atoms with Crippen molar-refractivity contribution in [2.75, 3.05) is 33.5 Å². The Bertz CT molecular complexity index is 111. The molecule has 0 amide bonds. The fraction of sp³-hybridized carbons (Fsp3) is 1.00. The molecule has 13 heavy (non-hydrogen) atoms. The monoisotopic (exact) mass is 209 g/mol. The summed E-state index contributed by atoms with van der Waals surface area (Å²) in [5, 5.41) is 0. The van der Waals surface area contributed by atoms with Gasteiger partial charge in [0.15, 0.2) is 0 Å². The molecular formula is C9H20ClNO2. The van der Waals surface area contributed by atoms with Gasteiger partial charge in [0.2, 0.25) is 0 Å².